The molecule has 0 amide bonds. The molecule has 4 nitrogen and oxygen atoms in total. The Morgan fingerprint density at radius 2 is 1.85 bits per heavy atom. The minimum Gasteiger partial charge on any atom is -0.385 e. The summed E-state index contributed by atoms with van der Waals surface area (Å²) < 4.78 is 29.2. The van der Waals surface area contributed by atoms with Crippen LogP contribution in [0, 0.1) is 5.92 Å². The fourth-order valence-electron chi connectivity index (χ4n) is 2.38. The van der Waals surface area contributed by atoms with Crippen molar-refractivity contribution in [3.63, 3.8) is 0 Å². The molecule has 1 fully saturated rings. The molecule has 1 aromatic rings. The fourth-order valence-corrected chi connectivity index (χ4v) is 3.70. The molecule has 0 aromatic heterocycles. The van der Waals surface area contributed by atoms with Crippen molar-refractivity contribution in [1.82, 2.24) is 0 Å². The summed E-state index contributed by atoms with van der Waals surface area (Å²) in [5.41, 5.74) is 0.979. The molecule has 112 valence electrons. The Morgan fingerprint density at radius 1 is 1.20 bits per heavy atom. The molecular weight excluding hydrogens is 274 g/mol. The third-order valence-electron chi connectivity index (χ3n) is 3.62. The van der Waals surface area contributed by atoms with E-state index in [1.54, 1.807) is 12.1 Å². The number of benzene rings is 1. The molecule has 1 saturated heterocycles. The first-order valence-corrected chi connectivity index (χ1v) is 8.91. The van der Waals surface area contributed by atoms with E-state index in [1.165, 1.54) is 0 Å². The molecule has 1 N–H and O–H groups in total. The van der Waals surface area contributed by atoms with Crippen LogP contribution in [0.15, 0.2) is 29.2 Å². The number of hydrogen-bond acceptors (Lipinski definition) is 4. The fraction of sp³-hybridized carbons (Fsp3) is 0.600. The van der Waals surface area contributed by atoms with E-state index in [-0.39, 0.29) is 5.75 Å². The van der Waals surface area contributed by atoms with Crippen LogP contribution in [0.25, 0.3) is 0 Å². The third kappa shape index (κ3) is 4.21. The lowest BCUT2D eigenvalue weighted by Gasteiger charge is -2.22. The van der Waals surface area contributed by atoms with Crippen LogP contribution in [0.2, 0.25) is 0 Å². The number of ether oxygens (including phenoxy) is 1. The van der Waals surface area contributed by atoms with E-state index >= 15 is 0 Å². The van der Waals surface area contributed by atoms with Crippen molar-refractivity contribution in [2.75, 3.05) is 30.8 Å². The van der Waals surface area contributed by atoms with Gasteiger partial charge in [-0.25, -0.2) is 8.42 Å². The van der Waals surface area contributed by atoms with Crippen LogP contribution in [-0.4, -0.2) is 33.9 Å². The maximum atomic E-state index is 11.9. The predicted molar refractivity (Wildman–Crippen MR) is 80.8 cm³/mol. The van der Waals surface area contributed by atoms with E-state index in [0.29, 0.717) is 17.2 Å². The van der Waals surface area contributed by atoms with Gasteiger partial charge in [0.25, 0.3) is 0 Å². The van der Waals surface area contributed by atoms with Crippen LogP contribution in [0.1, 0.15) is 26.2 Å². The van der Waals surface area contributed by atoms with Gasteiger partial charge in [0.05, 0.1) is 10.6 Å². The van der Waals surface area contributed by atoms with Gasteiger partial charge in [-0.05, 0) is 49.4 Å². The Labute approximate surface area is 121 Å². The zero-order chi connectivity index (χ0) is 14.4. The minimum atomic E-state index is -3.11. The summed E-state index contributed by atoms with van der Waals surface area (Å²) in [4.78, 5) is 0.413. The lowest BCUT2D eigenvalue weighted by atomic mass is 10.0. The van der Waals surface area contributed by atoms with Gasteiger partial charge in [-0.1, -0.05) is 6.92 Å². The van der Waals surface area contributed by atoms with Crippen molar-refractivity contribution in [2.24, 2.45) is 5.92 Å². The first-order chi connectivity index (χ1) is 9.62. The zero-order valence-corrected chi connectivity index (χ0v) is 12.8. The van der Waals surface area contributed by atoms with Gasteiger partial charge in [0.15, 0.2) is 9.84 Å². The number of rotatable bonds is 6. The van der Waals surface area contributed by atoms with Crippen molar-refractivity contribution in [1.29, 1.82) is 0 Å². The topological polar surface area (TPSA) is 55.4 Å². The molecule has 0 aliphatic carbocycles. The maximum Gasteiger partial charge on any atom is 0.178 e. The van der Waals surface area contributed by atoms with E-state index in [1.807, 2.05) is 19.1 Å². The summed E-state index contributed by atoms with van der Waals surface area (Å²) in [7, 11) is -3.11. The highest BCUT2D eigenvalue weighted by molar-refractivity contribution is 7.91. The van der Waals surface area contributed by atoms with Gasteiger partial charge in [-0.3, -0.25) is 0 Å². The van der Waals surface area contributed by atoms with Crippen LogP contribution in [0.3, 0.4) is 0 Å². The summed E-state index contributed by atoms with van der Waals surface area (Å²) in [6.45, 7) is 4.49. The molecule has 2 rings (SSSR count). The van der Waals surface area contributed by atoms with Crippen molar-refractivity contribution in [3.05, 3.63) is 24.3 Å². The molecule has 1 aromatic carbocycles. The van der Waals surface area contributed by atoms with Crippen molar-refractivity contribution < 1.29 is 13.2 Å². The highest BCUT2D eigenvalue weighted by atomic mass is 32.2. The van der Waals surface area contributed by atoms with Gasteiger partial charge in [-0.2, -0.15) is 0 Å². The molecule has 1 aliphatic heterocycles. The van der Waals surface area contributed by atoms with Crippen LogP contribution >= 0.6 is 0 Å². The largest absolute Gasteiger partial charge is 0.385 e. The van der Waals surface area contributed by atoms with Gasteiger partial charge >= 0.3 is 0 Å². The zero-order valence-electron chi connectivity index (χ0n) is 12.0. The highest BCUT2D eigenvalue weighted by Crippen LogP contribution is 2.18. The summed E-state index contributed by atoms with van der Waals surface area (Å²) >= 11 is 0. The normalized spacial score (nSPS) is 17.1. The second-order valence-electron chi connectivity index (χ2n) is 5.28. The quantitative estimate of drug-likeness (QED) is 0.877. The summed E-state index contributed by atoms with van der Waals surface area (Å²) in [5, 5.41) is 3.37. The minimum absolute atomic E-state index is 0.210. The maximum absolute atomic E-state index is 11.9. The van der Waals surface area contributed by atoms with Gasteiger partial charge in [0, 0.05) is 25.4 Å². The number of anilines is 1. The summed E-state index contributed by atoms with van der Waals surface area (Å²) in [5.74, 6) is 0.856. The lowest BCUT2D eigenvalue weighted by molar-refractivity contribution is 0.0699. The van der Waals surface area contributed by atoms with Crippen molar-refractivity contribution in [2.45, 2.75) is 31.1 Å². The molecule has 0 unspecified atom stereocenters. The first kappa shape index (κ1) is 15.3. The number of nitrogens with one attached hydrogen (secondary N) is 1. The standard InChI is InChI=1S/C15H23NO3S/c1-2-11-20(17,18)15-5-3-14(4-6-15)16-12-13-7-9-19-10-8-13/h3-6,13,16H,2,7-12H2,1H3. The van der Waals surface area contributed by atoms with E-state index in [2.05, 4.69) is 5.32 Å². The monoisotopic (exact) mass is 297 g/mol. The Hall–Kier alpha value is -1.07. The Morgan fingerprint density at radius 3 is 2.45 bits per heavy atom. The van der Waals surface area contributed by atoms with Gasteiger partial charge in [-0.15, -0.1) is 0 Å². The molecule has 0 saturated carbocycles. The van der Waals surface area contributed by atoms with Crippen LogP contribution in [-0.2, 0) is 14.6 Å². The molecule has 0 spiro atoms. The Balaban J connectivity index is 1.91. The van der Waals surface area contributed by atoms with E-state index in [9.17, 15) is 8.42 Å². The van der Waals surface area contributed by atoms with E-state index in [4.69, 9.17) is 4.74 Å². The van der Waals surface area contributed by atoms with Crippen molar-refractivity contribution in [3.8, 4) is 0 Å². The Bertz CT molecular complexity index is 504. The summed E-state index contributed by atoms with van der Waals surface area (Å²) in [6.07, 6.45) is 2.83. The van der Waals surface area contributed by atoms with Gasteiger partial charge in [0.2, 0.25) is 0 Å². The predicted octanol–water partition coefficient (Wildman–Crippen LogP) is 2.71. The molecule has 5 heteroatoms. The van der Waals surface area contributed by atoms with Crippen LogP contribution < -0.4 is 5.32 Å². The molecule has 1 aliphatic rings. The van der Waals surface area contributed by atoms with Crippen LogP contribution in [0.4, 0.5) is 5.69 Å². The average molecular weight is 297 g/mol. The Kier molecular flexibility index (Phi) is 5.43. The van der Waals surface area contributed by atoms with E-state index < -0.39 is 9.84 Å². The summed E-state index contributed by atoms with van der Waals surface area (Å²) in [6, 6.07) is 7.08. The average Bonchev–Trinajstić information content (AvgIpc) is 2.47. The highest BCUT2D eigenvalue weighted by Gasteiger charge is 2.14. The molecule has 20 heavy (non-hydrogen) atoms. The van der Waals surface area contributed by atoms with Gasteiger partial charge in [0.1, 0.15) is 0 Å². The lowest BCUT2D eigenvalue weighted by Crippen LogP contribution is -2.22. The molecule has 0 bridgehead atoms. The number of hydrogen-bond donors (Lipinski definition) is 1. The van der Waals surface area contributed by atoms with E-state index in [0.717, 1.165) is 38.3 Å². The molecular formula is C15H23NO3S. The number of sulfone groups is 1. The second kappa shape index (κ2) is 7.09. The second-order valence-corrected chi connectivity index (χ2v) is 7.39. The SMILES string of the molecule is CCCS(=O)(=O)c1ccc(NCC2CCOCC2)cc1. The third-order valence-corrected chi connectivity index (χ3v) is 5.56. The molecule has 1 heterocycles. The van der Waals surface area contributed by atoms with Crippen molar-refractivity contribution >= 4 is 15.5 Å². The van der Waals surface area contributed by atoms with Gasteiger partial charge < -0.3 is 10.1 Å². The molecule has 0 radical (unpaired) electrons. The first-order valence-electron chi connectivity index (χ1n) is 7.26. The van der Waals surface area contributed by atoms with Crippen LogP contribution in [0.5, 0.6) is 0 Å². The smallest absolute Gasteiger partial charge is 0.178 e. The molecule has 0 atom stereocenters.